The lowest BCUT2D eigenvalue weighted by Gasteiger charge is -2.19. The maximum Gasteiger partial charge on any atom is 0.317 e. The van der Waals surface area contributed by atoms with Gasteiger partial charge < -0.3 is 5.11 Å². The third-order valence-electron chi connectivity index (χ3n) is 3.10. The number of aryl methyl sites for hydroxylation is 2. The number of aliphatic carboxylic acids is 1. The number of rotatable bonds is 6. The molecule has 0 bridgehead atoms. The summed E-state index contributed by atoms with van der Waals surface area (Å²) >= 11 is 0. The minimum atomic E-state index is -0.751. The second kappa shape index (κ2) is 4.87. The number of carbonyl (C=O) groups is 1. The summed E-state index contributed by atoms with van der Waals surface area (Å²) in [7, 11) is 1.90. The maximum atomic E-state index is 10.8. The number of hydrogen-bond donors (Lipinski definition) is 1. The molecule has 0 amide bonds. The first-order valence-corrected chi connectivity index (χ1v) is 6.07. The third kappa shape index (κ3) is 3.06. The fourth-order valence-corrected chi connectivity index (χ4v) is 2.16. The average Bonchev–Trinajstić information content (AvgIpc) is 3.02. The quantitative estimate of drug-likeness (QED) is 0.803. The highest BCUT2D eigenvalue weighted by molar-refractivity contribution is 5.69. The van der Waals surface area contributed by atoms with Gasteiger partial charge in [0.15, 0.2) is 0 Å². The van der Waals surface area contributed by atoms with Crippen LogP contribution in [0.15, 0.2) is 6.20 Å². The van der Waals surface area contributed by atoms with Gasteiger partial charge in [0, 0.05) is 31.4 Å². The maximum absolute atomic E-state index is 10.8. The highest BCUT2D eigenvalue weighted by Crippen LogP contribution is 2.28. The van der Waals surface area contributed by atoms with Crippen LogP contribution < -0.4 is 0 Å². The molecule has 0 aliphatic heterocycles. The molecule has 17 heavy (non-hydrogen) atoms. The van der Waals surface area contributed by atoms with Gasteiger partial charge in [-0.05, 0) is 19.3 Å². The molecule has 2 rings (SSSR count). The summed E-state index contributed by atoms with van der Waals surface area (Å²) in [5.41, 5.74) is 2.23. The van der Waals surface area contributed by atoms with E-state index in [0.717, 1.165) is 30.5 Å². The van der Waals surface area contributed by atoms with Crippen LogP contribution in [0.4, 0.5) is 0 Å². The minimum absolute atomic E-state index is 0.128. The Hall–Kier alpha value is -1.36. The molecule has 94 valence electrons. The van der Waals surface area contributed by atoms with Crippen LogP contribution in [0.1, 0.15) is 31.0 Å². The summed E-state index contributed by atoms with van der Waals surface area (Å²) in [6.45, 7) is 2.90. The van der Waals surface area contributed by atoms with Gasteiger partial charge in [-0.15, -0.1) is 0 Å². The Labute approximate surface area is 101 Å². The molecule has 0 unspecified atom stereocenters. The molecule has 1 aliphatic rings. The monoisotopic (exact) mass is 237 g/mol. The summed E-state index contributed by atoms with van der Waals surface area (Å²) in [5, 5.41) is 13.3. The van der Waals surface area contributed by atoms with Crippen LogP contribution in [0, 0.1) is 0 Å². The van der Waals surface area contributed by atoms with Crippen LogP contribution >= 0.6 is 0 Å². The average molecular weight is 237 g/mol. The molecule has 0 radical (unpaired) electrons. The van der Waals surface area contributed by atoms with Crippen LogP contribution in [0.25, 0.3) is 0 Å². The number of carboxylic acid groups (broad SMARTS) is 1. The molecule has 0 spiro atoms. The first-order chi connectivity index (χ1) is 8.10. The lowest BCUT2D eigenvalue weighted by Crippen LogP contribution is -2.31. The van der Waals surface area contributed by atoms with Gasteiger partial charge in [-0.1, -0.05) is 6.92 Å². The Morgan fingerprint density at radius 3 is 2.88 bits per heavy atom. The Balaban J connectivity index is 2.07. The van der Waals surface area contributed by atoms with Crippen molar-refractivity contribution in [1.29, 1.82) is 0 Å². The fourth-order valence-electron chi connectivity index (χ4n) is 2.16. The molecule has 0 saturated heterocycles. The van der Waals surface area contributed by atoms with E-state index in [1.807, 2.05) is 18.1 Å². The van der Waals surface area contributed by atoms with E-state index in [1.165, 1.54) is 0 Å². The minimum Gasteiger partial charge on any atom is -0.480 e. The van der Waals surface area contributed by atoms with Gasteiger partial charge in [0.2, 0.25) is 0 Å². The van der Waals surface area contributed by atoms with E-state index in [-0.39, 0.29) is 6.54 Å². The first-order valence-electron chi connectivity index (χ1n) is 6.07. The number of aromatic nitrogens is 2. The van der Waals surface area contributed by atoms with Crippen molar-refractivity contribution >= 4 is 5.97 Å². The third-order valence-corrected chi connectivity index (χ3v) is 3.10. The molecule has 1 N–H and O–H groups in total. The zero-order chi connectivity index (χ0) is 12.4. The normalized spacial score (nSPS) is 15.5. The lowest BCUT2D eigenvalue weighted by molar-refractivity contribution is -0.138. The predicted molar refractivity (Wildman–Crippen MR) is 63.7 cm³/mol. The Morgan fingerprint density at radius 2 is 2.35 bits per heavy atom. The molecule has 1 aliphatic carbocycles. The summed E-state index contributed by atoms with van der Waals surface area (Å²) in [4.78, 5) is 12.9. The topological polar surface area (TPSA) is 58.4 Å². The fraction of sp³-hybridized carbons (Fsp3) is 0.667. The van der Waals surface area contributed by atoms with E-state index in [9.17, 15) is 4.79 Å². The molecular weight excluding hydrogens is 218 g/mol. The van der Waals surface area contributed by atoms with Gasteiger partial charge in [0.25, 0.3) is 0 Å². The number of carboxylic acids is 1. The van der Waals surface area contributed by atoms with Gasteiger partial charge in [0.05, 0.1) is 12.2 Å². The molecule has 1 heterocycles. The van der Waals surface area contributed by atoms with Crippen LogP contribution in [0.5, 0.6) is 0 Å². The van der Waals surface area contributed by atoms with Crippen molar-refractivity contribution in [3.05, 3.63) is 17.5 Å². The van der Waals surface area contributed by atoms with Crippen molar-refractivity contribution in [2.24, 2.45) is 7.05 Å². The van der Waals surface area contributed by atoms with Crippen molar-refractivity contribution in [2.75, 3.05) is 6.54 Å². The van der Waals surface area contributed by atoms with E-state index in [4.69, 9.17) is 5.11 Å². The number of hydrogen-bond acceptors (Lipinski definition) is 3. The van der Waals surface area contributed by atoms with Gasteiger partial charge in [-0.2, -0.15) is 5.10 Å². The van der Waals surface area contributed by atoms with Gasteiger partial charge >= 0.3 is 5.97 Å². The highest BCUT2D eigenvalue weighted by Gasteiger charge is 2.30. The number of nitrogens with zero attached hydrogens (tertiary/aromatic N) is 3. The molecule has 0 aromatic carbocycles. The largest absolute Gasteiger partial charge is 0.480 e. The van der Waals surface area contributed by atoms with Crippen LogP contribution in [0.2, 0.25) is 0 Å². The molecule has 1 aromatic rings. The van der Waals surface area contributed by atoms with E-state index < -0.39 is 5.97 Å². The van der Waals surface area contributed by atoms with Crippen molar-refractivity contribution < 1.29 is 9.90 Å². The van der Waals surface area contributed by atoms with E-state index >= 15 is 0 Å². The summed E-state index contributed by atoms with van der Waals surface area (Å²) in [6.07, 6.45) is 5.13. The molecule has 5 nitrogen and oxygen atoms in total. The van der Waals surface area contributed by atoms with Crippen LogP contribution in [-0.4, -0.2) is 38.3 Å². The van der Waals surface area contributed by atoms with Crippen molar-refractivity contribution in [3.63, 3.8) is 0 Å². The zero-order valence-corrected chi connectivity index (χ0v) is 10.4. The zero-order valence-electron chi connectivity index (χ0n) is 10.4. The molecule has 1 fully saturated rings. The molecular formula is C12H19N3O2. The van der Waals surface area contributed by atoms with Crippen molar-refractivity contribution in [2.45, 2.75) is 38.8 Å². The standard InChI is InChI=1S/C12H19N3O2/c1-3-11-9(6-14(2)13-11)7-15(8-12(16)17)10-4-5-10/h6,10H,3-5,7-8H2,1-2H3,(H,16,17). The summed E-state index contributed by atoms with van der Waals surface area (Å²) in [6, 6.07) is 0.455. The Morgan fingerprint density at radius 1 is 1.65 bits per heavy atom. The lowest BCUT2D eigenvalue weighted by atomic mass is 10.2. The molecule has 1 saturated carbocycles. The van der Waals surface area contributed by atoms with E-state index in [0.29, 0.717) is 12.6 Å². The second-order valence-corrected chi connectivity index (χ2v) is 4.66. The van der Waals surface area contributed by atoms with E-state index in [1.54, 1.807) is 4.68 Å². The highest BCUT2D eigenvalue weighted by atomic mass is 16.4. The van der Waals surface area contributed by atoms with Crippen molar-refractivity contribution in [1.82, 2.24) is 14.7 Å². The van der Waals surface area contributed by atoms with Gasteiger partial charge in [-0.25, -0.2) is 0 Å². The van der Waals surface area contributed by atoms with Crippen molar-refractivity contribution in [3.8, 4) is 0 Å². The smallest absolute Gasteiger partial charge is 0.317 e. The molecule has 0 atom stereocenters. The summed E-state index contributed by atoms with van der Waals surface area (Å²) < 4.78 is 1.81. The molecule has 5 heteroatoms. The second-order valence-electron chi connectivity index (χ2n) is 4.66. The van der Waals surface area contributed by atoms with Crippen LogP contribution in [-0.2, 0) is 24.8 Å². The molecule has 1 aromatic heterocycles. The summed E-state index contributed by atoms with van der Waals surface area (Å²) in [5.74, 6) is -0.751. The van der Waals surface area contributed by atoms with Crippen LogP contribution in [0.3, 0.4) is 0 Å². The predicted octanol–water partition coefficient (Wildman–Crippen LogP) is 1.03. The van der Waals surface area contributed by atoms with E-state index in [2.05, 4.69) is 12.0 Å². The Kier molecular flexibility index (Phi) is 3.47. The first kappa shape index (κ1) is 12.1. The SMILES string of the molecule is CCc1nn(C)cc1CN(CC(=O)O)C1CC1. The van der Waals surface area contributed by atoms with Gasteiger partial charge in [0.1, 0.15) is 0 Å². The van der Waals surface area contributed by atoms with Gasteiger partial charge in [-0.3, -0.25) is 14.4 Å². The Bertz CT molecular complexity index is 410.